The van der Waals surface area contributed by atoms with Gasteiger partial charge in [-0.15, -0.1) is 0 Å². The number of carbonyl (C=O) groups is 1. The number of hydrogen-bond donors (Lipinski definition) is 1. The van der Waals surface area contributed by atoms with Gasteiger partial charge in [0, 0.05) is 36.8 Å². The van der Waals surface area contributed by atoms with Crippen molar-refractivity contribution in [3.8, 4) is 11.3 Å². The molecule has 1 amide bonds. The SMILES string of the molecule is CC1CCN(CCCNC(=O)c2cccc(-c3cc(N4CCCC4)ncn3)c2)CC1. The molecule has 6 nitrogen and oxygen atoms in total. The molecule has 0 spiro atoms. The highest BCUT2D eigenvalue weighted by Gasteiger charge is 2.16. The number of benzene rings is 1. The lowest BCUT2D eigenvalue weighted by atomic mass is 9.99. The van der Waals surface area contributed by atoms with Crippen molar-refractivity contribution in [1.29, 1.82) is 0 Å². The van der Waals surface area contributed by atoms with Crippen LogP contribution in [0.5, 0.6) is 0 Å². The van der Waals surface area contributed by atoms with Gasteiger partial charge in [-0.25, -0.2) is 9.97 Å². The second kappa shape index (κ2) is 10.0. The van der Waals surface area contributed by atoms with Gasteiger partial charge in [-0.2, -0.15) is 0 Å². The third-order valence-electron chi connectivity index (χ3n) is 6.32. The summed E-state index contributed by atoms with van der Waals surface area (Å²) >= 11 is 0. The highest BCUT2D eigenvalue weighted by Crippen LogP contribution is 2.24. The molecule has 2 fully saturated rings. The van der Waals surface area contributed by atoms with Crippen LogP contribution in [0.4, 0.5) is 5.82 Å². The maximum absolute atomic E-state index is 12.6. The van der Waals surface area contributed by atoms with Crippen LogP contribution >= 0.6 is 0 Å². The zero-order valence-electron chi connectivity index (χ0n) is 18.0. The molecule has 2 aliphatic rings. The predicted octanol–water partition coefficient (Wildman–Crippen LogP) is 3.60. The number of anilines is 1. The van der Waals surface area contributed by atoms with E-state index in [0.717, 1.165) is 49.0 Å². The Morgan fingerprint density at radius 1 is 1.10 bits per heavy atom. The summed E-state index contributed by atoms with van der Waals surface area (Å²) in [5, 5.41) is 3.08. The molecule has 1 aromatic carbocycles. The van der Waals surface area contributed by atoms with E-state index in [2.05, 4.69) is 32.0 Å². The fourth-order valence-corrected chi connectivity index (χ4v) is 4.34. The molecular weight excluding hydrogens is 374 g/mol. The lowest BCUT2D eigenvalue weighted by Crippen LogP contribution is -2.35. The van der Waals surface area contributed by atoms with Crippen LogP contribution in [-0.4, -0.2) is 60.0 Å². The standard InChI is InChI=1S/C24H33N5O/c1-19-8-14-28(15-9-19)11-5-10-25-24(30)21-7-4-6-20(16-21)22-17-23(27-18-26-22)29-12-2-3-13-29/h4,6-7,16-19H,2-3,5,8-15H2,1H3,(H,25,30). The molecule has 0 aliphatic carbocycles. The van der Waals surface area contributed by atoms with Crippen LogP contribution in [0.2, 0.25) is 0 Å². The molecule has 1 N–H and O–H groups in total. The average molecular weight is 408 g/mol. The third-order valence-corrected chi connectivity index (χ3v) is 6.32. The van der Waals surface area contributed by atoms with E-state index in [0.29, 0.717) is 12.1 Å². The van der Waals surface area contributed by atoms with E-state index in [1.807, 2.05) is 30.3 Å². The lowest BCUT2D eigenvalue weighted by molar-refractivity contribution is 0.0950. The minimum Gasteiger partial charge on any atom is -0.357 e. The van der Waals surface area contributed by atoms with Crippen LogP contribution in [-0.2, 0) is 0 Å². The molecule has 0 unspecified atom stereocenters. The number of hydrogen-bond acceptors (Lipinski definition) is 5. The Hall–Kier alpha value is -2.47. The summed E-state index contributed by atoms with van der Waals surface area (Å²) in [6, 6.07) is 9.76. The van der Waals surface area contributed by atoms with Gasteiger partial charge in [0.2, 0.25) is 0 Å². The van der Waals surface area contributed by atoms with Gasteiger partial charge in [-0.05, 0) is 69.8 Å². The zero-order valence-corrected chi connectivity index (χ0v) is 18.0. The van der Waals surface area contributed by atoms with Crippen LogP contribution in [0.15, 0.2) is 36.7 Å². The molecule has 3 heterocycles. The molecule has 1 aromatic heterocycles. The van der Waals surface area contributed by atoms with E-state index in [4.69, 9.17) is 0 Å². The number of aromatic nitrogens is 2. The third kappa shape index (κ3) is 5.36. The summed E-state index contributed by atoms with van der Waals surface area (Å²) < 4.78 is 0. The fraction of sp³-hybridized carbons (Fsp3) is 0.542. The first-order valence-corrected chi connectivity index (χ1v) is 11.4. The maximum atomic E-state index is 12.6. The molecule has 6 heteroatoms. The smallest absolute Gasteiger partial charge is 0.251 e. The van der Waals surface area contributed by atoms with Gasteiger partial charge in [-0.1, -0.05) is 19.1 Å². The molecule has 0 radical (unpaired) electrons. The summed E-state index contributed by atoms with van der Waals surface area (Å²) in [6.07, 6.45) is 7.63. The highest BCUT2D eigenvalue weighted by atomic mass is 16.1. The normalized spacial score (nSPS) is 18.0. The topological polar surface area (TPSA) is 61.4 Å². The van der Waals surface area contributed by atoms with E-state index < -0.39 is 0 Å². The van der Waals surface area contributed by atoms with Crippen molar-refractivity contribution in [1.82, 2.24) is 20.2 Å². The lowest BCUT2D eigenvalue weighted by Gasteiger charge is -2.30. The Balaban J connectivity index is 1.31. The maximum Gasteiger partial charge on any atom is 0.251 e. The summed E-state index contributed by atoms with van der Waals surface area (Å²) in [4.78, 5) is 26.3. The number of nitrogens with one attached hydrogen (secondary N) is 1. The molecule has 0 atom stereocenters. The molecule has 2 saturated heterocycles. The molecule has 0 bridgehead atoms. The quantitative estimate of drug-likeness (QED) is 0.711. The molecule has 160 valence electrons. The van der Waals surface area contributed by atoms with E-state index in [-0.39, 0.29) is 5.91 Å². The summed E-state index contributed by atoms with van der Waals surface area (Å²) in [5.74, 6) is 1.81. The van der Waals surface area contributed by atoms with E-state index in [9.17, 15) is 4.79 Å². The van der Waals surface area contributed by atoms with Crippen molar-refractivity contribution in [3.05, 3.63) is 42.2 Å². The van der Waals surface area contributed by atoms with Crippen molar-refractivity contribution in [2.24, 2.45) is 5.92 Å². The van der Waals surface area contributed by atoms with E-state index in [1.54, 1.807) is 6.33 Å². The van der Waals surface area contributed by atoms with Gasteiger partial charge in [0.25, 0.3) is 5.91 Å². The van der Waals surface area contributed by atoms with Gasteiger partial charge in [0.1, 0.15) is 12.1 Å². The molecule has 30 heavy (non-hydrogen) atoms. The minimum absolute atomic E-state index is 0.0158. The largest absolute Gasteiger partial charge is 0.357 e. The van der Waals surface area contributed by atoms with Gasteiger partial charge in [0.15, 0.2) is 0 Å². The molecule has 2 aliphatic heterocycles. The van der Waals surface area contributed by atoms with Crippen molar-refractivity contribution in [2.75, 3.05) is 44.2 Å². The van der Waals surface area contributed by atoms with Crippen molar-refractivity contribution >= 4 is 11.7 Å². The van der Waals surface area contributed by atoms with Gasteiger partial charge in [-0.3, -0.25) is 4.79 Å². The van der Waals surface area contributed by atoms with E-state index in [1.165, 1.54) is 38.8 Å². The van der Waals surface area contributed by atoms with Crippen molar-refractivity contribution in [2.45, 2.75) is 39.0 Å². The zero-order chi connectivity index (χ0) is 20.8. The Bertz CT molecular complexity index is 841. The summed E-state index contributed by atoms with van der Waals surface area (Å²) in [7, 11) is 0. The molecule has 4 rings (SSSR count). The number of carbonyl (C=O) groups excluding carboxylic acids is 1. The number of rotatable bonds is 7. The molecule has 0 saturated carbocycles. The number of nitrogens with zero attached hydrogens (tertiary/aromatic N) is 4. The molecular formula is C24H33N5O. The van der Waals surface area contributed by atoms with Gasteiger partial charge < -0.3 is 15.1 Å². The highest BCUT2D eigenvalue weighted by molar-refractivity contribution is 5.95. The second-order valence-electron chi connectivity index (χ2n) is 8.67. The Morgan fingerprint density at radius 2 is 1.90 bits per heavy atom. The fourth-order valence-electron chi connectivity index (χ4n) is 4.34. The Labute approximate surface area is 179 Å². The van der Waals surface area contributed by atoms with E-state index >= 15 is 0 Å². The van der Waals surface area contributed by atoms with Crippen LogP contribution in [0.1, 0.15) is 49.4 Å². The Morgan fingerprint density at radius 3 is 2.70 bits per heavy atom. The van der Waals surface area contributed by atoms with Crippen molar-refractivity contribution < 1.29 is 4.79 Å². The Kier molecular flexibility index (Phi) is 6.95. The molecule has 2 aromatic rings. The minimum atomic E-state index is -0.0158. The second-order valence-corrected chi connectivity index (χ2v) is 8.67. The summed E-state index contributed by atoms with van der Waals surface area (Å²) in [5.41, 5.74) is 2.49. The number of piperidine rings is 1. The first-order chi connectivity index (χ1) is 14.7. The summed E-state index contributed by atoms with van der Waals surface area (Å²) in [6.45, 7) is 8.59. The van der Waals surface area contributed by atoms with Crippen LogP contribution < -0.4 is 10.2 Å². The van der Waals surface area contributed by atoms with Gasteiger partial charge in [0.05, 0.1) is 5.69 Å². The first kappa shape index (κ1) is 20.8. The van der Waals surface area contributed by atoms with Crippen LogP contribution in [0, 0.1) is 5.92 Å². The average Bonchev–Trinajstić information content (AvgIpc) is 3.33. The monoisotopic (exact) mass is 407 g/mol. The van der Waals surface area contributed by atoms with Gasteiger partial charge >= 0.3 is 0 Å². The first-order valence-electron chi connectivity index (χ1n) is 11.4. The van der Waals surface area contributed by atoms with Crippen LogP contribution in [0.3, 0.4) is 0 Å². The van der Waals surface area contributed by atoms with Crippen molar-refractivity contribution in [3.63, 3.8) is 0 Å². The van der Waals surface area contributed by atoms with Crippen LogP contribution in [0.25, 0.3) is 11.3 Å². The number of amides is 1. The predicted molar refractivity (Wildman–Crippen MR) is 121 cm³/mol. The number of likely N-dealkylation sites (tertiary alicyclic amines) is 1.